The fourth-order valence-corrected chi connectivity index (χ4v) is 4.12. The number of benzene rings is 3. The van der Waals surface area contributed by atoms with Crippen LogP contribution in [0.15, 0.2) is 71.4 Å². The number of carbonyl (C=O) groups is 2. The first-order chi connectivity index (χ1) is 16.8. The van der Waals surface area contributed by atoms with E-state index in [2.05, 4.69) is 32.9 Å². The van der Waals surface area contributed by atoms with E-state index >= 15 is 0 Å². The lowest BCUT2D eigenvalue weighted by Crippen LogP contribution is -2.07. The number of aliphatic imine (C=N–C) groups is 1. The molecule has 0 aliphatic carbocycles. The van der Waals surface area contributed by atoms with E-state index in [0.717, 1.165) is 3.57 Å². The van der Waals surface area contributed by atoms with Gasteiger partial charge in [-0.1, -0.05) is 12.1 Å². The Morgan fingerprint density at radius 3 is 2.63 bits per heavy atom. The zero-order valence-corrected chi connectivity index (χ0v) is 21.0. The molecule has 9 heteroatoms. The highest BCUT2D eigenvalue weighted by Crippen LogP contribution is 2.35. The number of amides is 1. The maximum atomic E-state index is 13.4. The molecule has 0 unspecified atom stereocenters. The molecule has 0 aromatic heterocycles. The van der Waals surface area contributed by atoms with Crippen molar-refractivity contribution >= 4 is 52.1 Å². The molecule has 0 atom stereocenters. The van der Waals surface area contributed by atoms with Crippen LogP contribution in [-0.4, -0.2) is 24.9 Å². The minimum absolute atomic E-state index is 0.136. The van der Waals surface area contributed by atoms with Crippen LogP contribution < -0.4 is 14.8 Å². The van der Waals surface area contributed by atoms with Gasteiger partial charge in [-0.05, 0) is 88.3 Å². The highest BCUT2D eigenvalue weighted by molar-refractivity contribution is 14.1. The predicted molar refractivity (Wildman–Crippen MR) is 138 cm³/mol. The normalized spacial score (nSPS) is 13.9. The molecule has 0 spiro atoms. The second-order valence-corrected chi connectivity index (χ2v) is 8.71. The molecular weight excluding hydrogens is 566 g/mol. The summed E-state index contributed by atoms with van der Waals surface area (Å²) in [5, 5.41) is 2.68. The Labute approximate surface area is 214 Å². The van der Waals surface area contributed by atoms with E-state index in [9.17, 15) is 14.0 Å². The summed E-state index contributed by atoms with van der Waals surface area (Å²) < 4.78 is 30.9. The Balaban J connectivity index is 1.55. The van der Waals surface area contributed by atoms with Crippen LogP contribution in [0.3, 0.4) is 0 Å². The first-order valence-corrected chi connectivity index (χ1v) is 11.6. The minimum atomic E-state index is -0.577. The Morgan fingerprint density at radius 1 is 1.17 bits per heavy atom. The molecule has 7 nitrogen and oxygen atoms in total. The Morgan fingerprint density at radius 2 is 1.94 bits per heavy atom. The van der Waals surface area contributed by atoms with Crippen molar-refractivity contribution in [2.24, 2.45) is 4.99 Å². The molecule has 0 fully saturated rings. The van der Waals surface area contributed by atoms with Gasteiger partial charge in [0.15, 0.2) is 17.2 Å². The van der Waals surface area contributed by atoms with Gasteiger partial charge < -0.3 is 19.5 Å². The zero-order valence-electron chi connectivity index (χ0n) is 18.8. The molecule has 178 valence electrons. The largest absolute Gasteiger partial charge is 0.493 e. The first kappa shape index (κ1) is 24.4. The van der Waals surface area contributed by atoms with Crippen molar-refractivity contribution in [2.45, 2.75) is 13.5 Å². The number of cyclic esters (lactones) is 1. The second-order valence-electron chi connectivity index (χ2n) is 7.55. The van der Waals surface area contributed by atoms with Crippen LogP contribution in [0.2, 0.25) is 0 Å². The lowest BCUT2D eigenvalue weighted by Gasteiger charge is -2.14. The van der Waals surface area contributed by atoms with E-state index in [1.54, 1.807) is 48.5 Å². The van der Waals surface area contributed by atoms with Crippen molar-refractivity contribution in [1.29, 1.82) is 0 Å². The predicted octanol–water partition coefficient (Wildman–Crippen LogP) is 5.32. The first-order valence-electron chi connectivity index (χ1n) is 10.5. The molecule has 0 bridgehead atoms. The van der Waals surface area contributed by atoms with E-state index in [1.807, 2.05) is 6.07 Å². The van der Waals surface area contributed by atoms with E-state index < -0.39 is 5.97 Å². The number of anilines is 1. The van der Waals surface area contributed by atoms with Crippen LogP contribution in [0, 0.1) is 9.39 Å². The highest BCUT2D eigenvalue weighted by Gasteiger charge is 2.24. The summed E-state index contributed by atoms with van der Waals surface area (Å²) in [6.45, 7) is 1.60. The van der Waals surface area contributed by atoms with Gasteiger partial charge in [0.25, 0.3) is 0 Å². The molecule has 4 rings (SSSR count). The molecule has 1 amide bonds. The van der Waals surface area contributed by atoms with E-state index in [0.29, 0.717) is 33.9 Å². The van der Waals surface area contributed by atoms with Crippen LogP contribution >= 0.6 is 22.6 Å². The van der Waals surface area contributed by atoms with Gasteiger partial charge in [0.05, 0.1) is 10.7 Å². The molecule has 0 saturated carbocycles. The minimum Gasteiger partial charge on any atom is -0.493 e. The summed E-state index contributed by atoms with van der Waals surface area (Å²) in [5.41, 5.74) is 2.72. The molecule has 1 heterocycles. The highest BCUT2D eigenvalue weighted by atomic mass is 127. The number of methoxy groups -OCH3 is 1. The van der Waals surface area contributed by atoms with Gasteiger partial charge in [0.2, 0.25) is 11.8 Å². The molecule has 3 aromatic rings. The topological polar surface area (TPSA) is 86.2 Å². The fraction of sp³-hybridized carbons (Fsp3) is 0.115. The number of esters is 1. The molecule has 1 N–H and O–H groups in total. The average molecular weight is 586 g/mol. The summed E-state index contributed by atoms with van der Waals surface area (Å²) in [4.78, 5) is 27.9. The van der Waals surface area contributed by atoms with Crippen molar-refractivity contribution < 1.29 is 28.2 Å². The summed E-state index contributed by atoms with van der Waals surface area (Å²) in [6, 6.07) is 16.5. The number of halogens is 2. The summed E-state index contributed by atoms with van der Waals surface area (Å²) >= 11 is 2.11. The second kappa shape index (κ2) is 10.7. The molecular formula is C26H20FIN2O5. The number of hydrogen-bond donors (Lipinski definition) is 1. The smallest absolute Gasteiger partial charge is 0.363 e. The third kappa shape index (κ3) is 6.04. The quantitative estimate of drug-likeness (QED) is 0.230. The number of nitrogens with one attached hydrogen (secondary N) is 1. The van der Waals surface area contributed by atoms with Crippen LogP contribution in [0.1, 0.15) is 23.6 Å². The zero-order chi connectivity index (χ0) is 24.9. The number of carbonyl (C=O) groups excluding carboxylic acids is 2. The lowest BCUT2D eigenvalue weighted by atomic mass is 10.1. The van der Waals surface area contributed by atoms with Gasteiger partial charge in [0.1, 0.15) is 12.4 Å². The standard InChI is InChI=1S/C26H20FIN2O5/c1-15(31)29-20-8-6-18(7-9-20)25-30-22(26(32)35-25)12-17-11-21(28)24(23(13-17)33-2)34-14-16-4-3-5-19(27)10-16/h3-13H,14H2,1-2H3,(H,29,31)/b22-12-. The Kier molecular flexibility index (Phi) is 7.45. The third-order valence-electron chi connectivity index (χ3n) is 4.90. The fourth-order valence-electron chi connectivity index (χ4n) is 3.34. The number of hydrogen-bond acceptors (Lipinski definition) is 6. The van der Waals surface area contributed by atoms with Gasteiger partial charge in [-0.3, -0.25) is 4.79 Å². The summed E-state index contributed by atoms with van der Waals surface area (Å²) in [7, 11) is 1.52. The third-order valence-corrected chi connectivity index (χ3v) is 5.70. The van der Waals surface area contributed by atoms with Crippen molar-refractivity contribution in [3.05, 3.63) is 92.4 Å². The summed E-state index contributed by atoms with van der Waals surface area (Å²) in [6.07, 6.45) is 1.60. The van der Waals surface area contributed by atoms with E-state index in [-0.39, 0.29) is 29.9 Å². The lowest BCUT2D eigenvalue weighted by molar-refractivity contribution is -0.129. The SMILES string of the molecule is COc1cc(/C=C2\N=C(c3ccc(NC(C)=O)cc3)OC2=O)cc(I)c1OCc1cccc(F)c1. The number of ether oxygens (including phenoxy) is 3. The monoisotopic (exact) mass is 586 g/mol. The van der Waals surface area contributed by atoms with Gasteiger partial charge >= 0.3 is 5.97 Å². The van der Waals surface area contributed by atoms with E-state index in [4.69, 9.17) is 14.2 Å². The van der Waals surface area contributed by atoms with Gasteiger partial charge in [-0.25, -0.2) is 14.2 Å². The van der Waals surface area contributed by atoms with Gasteiger partial charge in [-0.2, -0.15) is 0 Å². The molecule has 0 saturated heterocycles. The molecule has 1 aliphatic rings. The summed E-state index contributed by atoms with van der Waals surface area (Å²) in [5.74, 6) is 0.0599. The van der Waals surface area contributed by atoms with E-state index in [1.165, 1.54) is 26.2 Å². The van der Waals surface area contributed by atoms with Crippen molar-refractivity contribution in [1.82, 2.24) is 0 Å². The molecule has 0 radical (unpaired) electrons. The Hall–Kier alpha value is -3.73. The van der Waals surface area contributed by atoms with Crippen LogP contribution in [-0.2, 0) is 20.9 Å². The molecule has 35 heavy (non-hydrogen) atoms. The number of rotatable bonds is 7. The van der Waals surface area contributed by atoms with Crippen LogP contribution in [0.4, 0.5) is 10.1 Å². The van der Waals surface area contributed by atoms with Crippen molar-refractivity contribution in [2.75, 3.05) is 12.4 Å². The van der Waals surface area contributed by atoms with Crippen molar-refractivity contribution in [3.8, 4) is 11.5 Å². The number of nitrogens with zero attached hydrogens (tertiary/aromatic N) is 1. The van der Waals surface area contributed by atoms with Crippen LogP contribution in [0.5, 0.6) is 11.5 Å². The molecule has 1 aliphatic heterocycles. The van der Waals surface area contributed by atoms with Crippen LogP contribution in [0.25, 0.3) is 6.08 Å². The molecule has 3 aromatic carbocycles. The maximum absolute atomic E-state index is 13.4. The van der Waals surface area contributed by atoms with Gasteiger partial charge in [0, 0.05) is 18.2 Å². The Bertz CT molecular complexity index is 1350. The van der Waals surface area contributed by atoms with Gasteiger partial charge in [-0.15, -0.1) is 0 Å². The average Bonchev–Trinajstić information content (AvgIpc) is 3.18. The maximum Gasteiger partial charge on any atom is 0.363 e. The van der Waals surface area contributed by atoms with Crippen molar-refractivity contribution in [3.63, 3.8) is 0 Å².